The topological polar surface area (TPSA) is 46.2 Å². The minimum atomic E-state index is -1.00. The van der Waals surface area contributed by atoms with E-state index in [1.807, 2.05) is 0 Å². The highest BCUT2D eigenvalue weighted by Crippen LogP contribution is 2.69. The maximum Gasteiger partial charge on any atom is 0.233 e. The van der Waals surface area contributed by atoms with Crippen LogP contribution in [0.5, 0.6) is 0 Å². The molecule has 20 heavy (non-hydrogen) atoms. The standard InChI is InChI=1S/C15H19Cl2NO2/c1-7(18-12(20)14(4)6-15(14,16)17)10-9(19)5-8-11(10)13(8,2)3/h8,10-11H,1,5-6H2,2-4H3,(H,18,20)/t8-,10-,11-,14+/m0/s1. The molecule has 0 heterocycles. The van der Waals surface area contributed by atoms with Crippen molar-refractivity contribution in [2.75, 3.05) is 0 Å². The van der Waals surface area contributed by atoms with Crippen LogP contribution in [0.1, 0.15) is 33.6 Å². The maximum absolute atomic E-state index is 12.2. The Kier molecular flexibility index (Phi) is 2.74. The van der Waals surface area contributed by atoms with Crippen LogP contribution in [-0.2, 0) is 9.59 Å². The van der Waals surface area contributed by atoms with E-state index in [9.17, 15) is 9.59 Å². The zero-order valence-electron chi connectivity index (χ0n) is 11.9. The molecule has 3 saturated carbocycles. The van der Waals surface area contributed by atoms with Crippen molar-refractivity contribution in [1.82, 2.24) is 5.32 Å². The Morgan fingerprint density at radius 2 is 1.90 bits per heavy atom. The number of alkyl halides is 2. The first-order valence-corrected chi connectivity index (χ1v) is 7.69. The van der Waals surface area contributed by atoms with Crippen LogP contribution in [0, 0.1) is 28.6 Å². The molecule has 0 aromatic carbocycles. The highest BCUT2D eigenvalue weighted by atomic mass is 35.5. The van der Waals surface area contributed by atoms with Gasteiger partial charge in [-0.15, -0.1) is 23.2 Å². The van der Waals surface area contributed by atoms with Crippen molar-refractivity contribution in [2.45, 2.75) is 37.9 Å². The lowest BCUT2D eigenvalue weighted by Crippen LogP contribution is -2.36. The van der Waals surface area contributed by atoms with Gasteiger partial charge in [0.05, 0.1) is 11.3 Å². The van der Waals surface area contributed by atoms with Gasteiger partial charge in [0.1, 0.15) is 10.1 Å². The van der Waals surface area contributed by atoms with Crippen molar-refractivity contribution in [2.24, 2.45) is 28.6 Å². The zero-order chi connectivity index (χ0) is 15.1. The molecule has 4 atom stereocenters. The first kappa shape index (κ1) is 14.4. The molecule has 3 nitrogen and oxygen atoms in total. The average molecular weight is 316 g/mol. The highest BCUT2D eigenvalue weighted by molar-refractivity contribution is 6.53. The minimum absolute atomic E-state index is 0.179. The molecule has 0 aliphatic heterocycles. The zero-order valence-corrected chi connectivity index (χ0v) is 13.4. The largest absolute Gasteiger partial charge is 0.329 e. The summed E-state index contributed by atoms with van der Waals surface area (Å²) >= 11 is 12.0. The van der Waals surface area contributed by atoms with Gasteiger partial charge in [0.2, 0.25) is 5.91 Å². The quantitative estimate of drug-likeness (QED) is 0.814. The second kappa shape index (κ2) is 3.80. The molecule has 3 aliphatic rings. The van der Waals surface area contributed by atoms with E-state index < -0.39 is 9.75 Å². The fraction of sp³-hybridized carbons (Fsp3) is 0.733. The van der Waals surface area contributed by atoms with E-state index >= 15 is 0 Å². The summed E-state index contributed by atoms with van der Waals surface area (Å²) in [4.78, 5) is 24.3. The first-order valence-electron chi connectivity index (χ1n) is 6.93. The van der Waals surface area contributed by atoms with Gasteiger partial charge in [-0.05, 0) is 30.6 Å². The van der Waals surface area contributed by atoms with Crippen LogP contribution in [-0.4, -0.2) is 16.0 Å². The first-order chi connectivity index (χ1) is 9.02. The van der Waals surface area contributed by atoms with Crippen molar-refractivity contribution in [3.8, 4) is 0 Å². The SMILES string of the molecule is C=C(NC(=O)[C@@]1(C)CC1(Cl)Cl)[C@H]1C(=O)C[C@H]2[C@@H]1C2(C)C. The number of ketones is 1. The van der Waals surface area contributed by atoms with Crippen molar-refractivity contribution in [1.29, 1.82) is 0 Å². The van der Waals surface area contributed by atoms with Gasteiger partial charge in [0.25, 0.3) is 0 Å². The lowest BCUT2D eigenvalue weighted by molar-refractivity contribution is -0.125. The lowest BCUT2D eigenvalue weighted by Gasteiger charge is -2.21. The summed E-state index contributed by atoms with van der Waals surface area (Å²) in [6.07, 6.45) is 1.03. The summed E-state index contributed by atoms with van der Waals surface area (Å²) in [5.41, 5.74) is -0.0900. The molecule has 0 unspecified atom stereocenters. The van der Waals surface area contributed by atoms with Crippen LogP contribution < -0.4 is 5.32 Å². The van der Waals surface area contributed by atoms with Crippen LogP contribution in [0.3, 0.4) is 0 Å². The molecule has 3 rings (SSSR count). The van der Waals surface area contributed by atoms with E-state index in [2.05, 4.69) is 25.7 Å². The molecule has 1 N–H and O–H groups in total. The second-order valence-electron chi connectivity index (χ2n) is 7.29. The van der Waals surface area contributed by atoms with Crippen LogP contribution >= 0.6 is 23.2 Å². The molecule has 110 valence electrons. The highest BCUT2D eigenvalue weighted by Gasteiger charge is 2.70. The number of carbonyl (C=O) groups excluding carboxylic acids is 2. The van der Waals surface area contributed by atoms with E-state index in [1.165, 1.54) is 0 Å². The third-order valence-electron chi connectivity index (χ3n) is 5.67. The van der Waals surface area contributed by atoms with Crippen molar-refractivity contribution >= 4 is 34.9 Å². The van der Waals surface area contributed by atoms with Gasteiger partial charge in [-0.2, -0.15) is 0 Å². The van der Waals surface area contributed by atoms with Crippen molar-refractivity contribution < 1.29 is 9.59 Å². The van der Waals surface area contributed by atoms with Gasteiger partial charge < -0.3 is 5.32 Å². The van der Waals surface area contributed by atoms with Gasteiger partial charge in [-0.25, -0.2) is 0 Å². The summed E-state index contributed by atoms with van der Waals surface area (Å²) in [6, 6.07) is 0. The molecular formula is C15H19Cl2NO2. The van der Waals surface area contributed by atoms with Gasteiger partial charge >= 0.3 is 0 Å². The molecule has 0 aromatic heterocycles. The van der Waals surface area contributed by atoms with Crippen LogP contribution in [0.25, 0.3) is 0 Å². The number of hydrogen-bond donors (Lipinski definition) is 1. The van der Waals surface area contributed by atoms with Gasteiger partial charge in [0, 0.05) is 12.1 Å². The number of nitrogens with one attached hydrogen (secondary N) is 1. The number of hydrogen-bond acceptors (Lipinski definition) is 2. The summed E-state index contributed by atoms with van der Waals surface area (Å²) in [5, 5.41) is 2.78. The molecule has 0 spiro atoms. The third-order valence-corrected chi connectivity index (χ3v) is 6.78. The van der Waals surface area contributed by atoms with E-state index in [-0.39, 0.29) is 23.0 Å². The molecule has 0 aromatic rings. The van der Waals surface area contributed by atoms with Gasteiger partial charge in [0.15, 0.2) is 0 Å². The molecule has 0 bridgehead atoms. The molecular weight excluding hydrogens is 297 g/mol. The molecule has 0 radical (unpaired) electrons. The maximum atomic E-state index is 12.2. The number of carbonyl (C=O) groups is 2. The van der Waals surface area contributed by atoms with E-state index in [1.54, 1.807) is 6.92 Å². The Balaban J connectivity index is 1.69. The Bertz CT molecular complexity index is 540. The number of halogens is 2. The monoisotopic (exact) mass is 315 g/mol. The summed E-state index contributed by atoms with van der Waals surface area (Å²) in [6.45, 7) is 9.99. The predicted molar refractivity (Wildman–Crippen MR) is 78.3 cm³/mol. The van der Waals surface area contributed by atoms with Crippen LogP contribution in [0.4, 0.5) is 0 Å². The van der Waals surface area contributed by atoms with E-state index in [0.29, 0.717) is 30.4 Å². The predicted octanol–water partition coefficient (Wildman–Crippen LogP) is 3.06. The number of Topliss-reactive ketones (excluding diaryl/α,β-unsaturated/α-hetero) is 1. The number of fused-ring (bicyclic) bond motifs is 1. The van der Waals surface area contributed by atoms with Crippen molar-refractivity contribution in [3.05, 3.63) is 12.3 Å². The van der Waals surface area contributed by atoms with Gasteiger partial charge in [-0.3, -0.25) is 9.59 Å². The molecule has 3 aliphatic carbocycles. The Morgan fingerprint density at radius 3 is 2.35 bits per heavy atom. The van der Waals surface area contributed by atoms with E-state index in [0.717, 1.165) is 0 Å². The Hall–Kier alpha value is -0.540. The smallest absolute Gasteiger partial charge is 0.233 e. The number of allylic oxidation sites excluding steroid dienone is 1. The molecule has 5 heteroatoms. The molecule has 0 saturated heterocycles. The van der Waals surface area contributed by atoms with E-state index in [4.69, 9.17) is 23.2 Å². The number of amides is 1. The second-order valence-corrected chi connectivity index (χ2v) is 8.78. The van der Waals surface area contributed by atoms with Crippen molar-refractivity contribution in [3.63, 3.8) is 0 Å². The summed E-state index contributed by atoms with van der Waals surface area (Å²) in [7, 11) is 0. The lowest BCUT2D eigenvalue weighted by atomic mass is 9.89. The number of rotatable bonds is 3. The van der Waals surface area contributed by atoms with Crippen LogP contribution in [0.2, 0.25) is 0 Å². The van der Waals surface area contributed by atoms with Gasteiger partial charge in [-0.1, -0.05) is 20.4 Å². The summed E-state index contributed by atoms with van der Waals surface area (Å²) < 4.78 is -1.00. The molecule has 3 fully saturated rings. The summed E-state index contributed by atoms with van der Waals surface area (Å²) in [5.74, 6) is 0.453. The van der Waals surface area contributed by atoms with Crippen LogP contribution in [0.15, 0.2) is 12.3 Å². The Morgan fingerprint density at radius 1 is 1.35 bits per heavy atom. The average Bonchev–Trinajstić information content (AvgIpc) is 2.92. The Labute approximate surface area is 129 Å². The fourth-order valence-electron chi connectivity index (χ4n) is 3.80. The molecule has 1 amide bonds. The minimum Gasteiger partial charge on any atom is -0.329 e. The third kappa shape index (κ3) is 1.72. The fourth-order valence-corrected chi connectivity index (χ4v) is 4.51. The normalized spacial score (nSPS) is 42.9.